The number of hydrogen-bond donors (Lipinski definition) is 0. The number of rotatable bonds is 7. The van der Waals surface area contributed by atoms with Gasteiger partial charge in [0.15, 0.2) is 0 Å². The smallest absolute Gasteiger partial charge is 0.150 e. The van der Waals surface area contributed by atoms with Gasteiger partial charge < -0.3 is 4.90 Å². The topological polar surface area (TPSA) is 20.3 Å². The Kier molecular flexibility index (Phi) is 5.35. The first-order valence-electron chi connectivity index (χ1n) is 9.93. The first-order valence-corrected chi connectivity index (χ1v) is 10.9. The molecular weight excluding hydrogens is 338 g/mol. The van der Waals surface area contributed by atoms with Crippen molar-refractivity contribution in [3.8, 4) is 0 Å². The van der Waals surface area contributed by atoms with Crippen LogP contribution in [0, 0.1) is 0 Å². The Morgan fingerprint density at radius 3 is 2.73 bits per heavy atom. The third kappa shape index (κ3) is 3.29. The first-order chi connectivity index (χ1) is 12.8. The van der Waals surface area contributed by atoms with E-state index in [1.807, 2.05) is 17.8 Å². The zero-order chi connectivity index (χ0) is 17.9. The van der Waals surface area contributed by atoms with E-state index in [0.717, 1.165) is 11.8 Å². The number of fused-ring (bicyclic) bond motifs is 3. The minimum absolute atomic E-state index is 0.551. The second-order valence-electron chi connectivity index (χ2n) is 7.46. The molecule has 0 N–H and O–H groups in total. The summed E-state index contributed by atoms with van der Waals surface area (Å²) in [6.07, 6.45) is 8.62. The largest absolute Gasteiger partial charge is 0.338 e. The van der Waals surface area contributed by atoms with Crippen LogP contribution in [0.25, 0.3) is 0 Å². The lowest BCUT2D eigenvalue weighted by atomic mass is 9.96. The molecule has 0 amide bonds. The van der Waals surface area contributed by atoms with Gasteiger partial charge >= 0.3 is 0 Å². The van der Waals surface area contributed by atoms with Gasteiger partial charge in [-0.3, -0.25) is 4.79 Å². The lowest BCUT2D eigenvalue weighted by molar-refractivity contribution is 0.112. The fourth-order valence-corrected chi connectivity index (χ4v) is 5.44. The number of nitrogens with zero attached hydrogens (tertiary/aromatic N) is 1. The molecule has 2 unspecified atom stereocenters. The molecule has 1 fully saturated rings. The summed E-state index contributed by atoms with van der Waals surface area (Å²) in [5.74, 6) is 1.78. The molecule has 4 rings (SSSR count). The van der Waals surface area contributed by atoms with Crippen LogP contribution in [-0.2, 0) is 0 Å². The number of aldehydes is 1. The number of hydrogen-bond acceptors (Lipinski definition) is 3. The number of anilines is 2. The van der Waals surface area contributed by atoms with Gasteiger partial charge in [-0.25, -0.2) is 0 Å². The molecule has 2 aromatic carbocycles. The number of unbranched alkanes of at least 4 members (excludes halogenated alkanes) is 2. The van der Waals surface area contributed by atoms with E-state index in [2.05, 4.69) is 48.2 Å². The molecule has 0 saturated heterocycles. The Morgan fingerprint density at radius 2 is 1.96 bits per heavy atom. The highest BCUT2D eigenvalue weighted by atomic mass is 32.2. The third-order valence-corrected chi connectivity index (χ3v) is 6.89. The summed E-state index contributed by atoms with van der Waals surface area (Å²) >= 11 is 1.96. The van der Waals surface area contributed by atoms with E-state index < -0.39 is 0 Å². The van der Waals surface area contributed by atoms with Gasteiger partial charge in [-0.05, 0) is 73.0 Å². The van der Waals surface area contributed by atoms with Crippen molar-refractivity contribution in [1.82, 2.24) is 0 Å². The maximum absolute atomic E-state index is 11.2. The van der Waals surface area contributed by atoms with Crippen LogP contribution in [0.2, 0.25) is 0 Å². The van der Waals surface area contributed by atoms with Gasteiger partial charge in [0.2, 0.25) is 0 Å². The zero-order valence-corrected chi connectivity index (χ0v) is 16.3. The molecular formula is C23H27NOS. The van der Waals surface area contributed by atoms with Crippen LogP contribution in [0.5, 0.6) is 0 Å². The van der Waals surface area contributed by atoms with Crippen LogP contribution in [0.15, 0.2) is 47.4 Å². The van der Waals surface area contributed by atoms with Gasteiger partial charge in [-0.1, -0.05) is 26.2 Å². The Labute approximate surface area is 161 Å². The molecule has 2 aliphatic rings. The Hall–Kier alpha value is -1.74. The predicted molar refractivity (Wildman–Crippen MR) is 111 cm³/mol. The first kappa shape index (κ1) is 17.7. The summed E-state index contributed by atoms with van der Waals surface area (Å²) in [4.78, 5) is 15.1. The van der Waals surface area contributed by atoms with Gasteiger partial charge in [0.05, 0.1) is 0 Å². The molecule has 136 valence electrons. The molecule has 0 radical (unpaired) electrons. The summed E-state index contributed by atoms with van der Waals surface area (Å²) in [7, 11) is 0. The molecule has 0 spiro atoms. The van der Waals surface area contributed by atoms with Crippen molar-refractivity contribution < 1.29 is 4.79 Å². The monoisotopic (exact) mass is 365 g/mol. The van der Waals surface area contributed by atoms with Crippen molar-refractivity contribution >= 4 is 29.4 Å². The predicted octanol–water partition coefficient (Wildman–Crippen LogP) is 6.57. The van der Waals surface area contributed by atoms with Gasteiger partial charge in [0.25, 0.3) is 0 Å². The molecule has 2 aromatic rings. The summed E-state index contributed by atoms with van der Waals surface area (Å²) in [5.41, 5.74) is 4.76. The number of carbonyl (C=O) groups is 1. The Balaban J connectivity index is 1.56. The van der Waals surface area contributed by atoms with E-state index in [9.17, 15) is 4.79 Å². The van der Waals surface area contributed by atoms with Crippen LogP contribution in [0.4, 0.5) is 11.4 Å². The molecule has 2 nitrogen and oxygen atoms in total. The van der Waals surface area contributed by atoms with E-state index in [-0.39, 0.29) is 0 Å². The molecule has 0 aromatic heterocycles. The fourth-order valence-electron chi connectivity index (χ4n) is 4.53. The highest BCUT2D eigenvalue weighted by molar-refractivity contribution is 7.99. The van der Waals surface area contributed by atoms with Crippen LogP contribution < -0.4 is 4.90 Å². The average molecular weight is 366 g/mol. The summed E-state index contributed by atoms with van der Waals surface area (Å²) < 4.78 is 0. The van der Waals surface area contributed by atoms with E-state index in [1.54, 1.807) is 0 Å². The van der Waals surface area contributed by atoms with Crippen molar-refractivity contribution in [3.63, 3.8) is 0 Å². The summed E-state index contributed by atoms with van der Waals surface area (Å²) in [6, 6.07) is 15.9. The van der Waals surface area contributed by atoms with Gasteiger partial charge in [-0.2, -0.15) is 0 Å². The molecule has 1 saturated carbocycles. The van der Waals surface area contributed by atoms with Gasteiger partial charge in [0, 0.05) is 33.8 Å². The Morgan fingerprint density at radius 1 is 1.12 bits per heavy atom. The second-order valence-corrected chi connectivity index (χ2v) is 8.63. The minimum atomic E-state index is 0.551. The SMILES string of the molecule is CCCCCSc1ccc(N2c3ccc(C=O)cc3C3CCCC32)cc1. The van der Waals surface area contributed by atoms with Crippen molar-refractivity contribution in [2.24, 2.45) is 0 Å². The van der Waals surface area contributed by atoms with Crippen molar-refractivity contribution in [1.29, 1.82) is 0 Å². The lowest BCUT2D eigenvalue weighted by Crippen LogP contribution is -2.26. The fraction of sp³-hybridized carbons (Fsp3) is 0.435. The standard InChI is InChI=1S/C23H27NOS/c1-2-3-4-14-26-19-11-9-18(10-12-19)24-22-7-5-6-20(22)21-15-17(16-25)8-13-23(21)24/h8-13,15-16,20,22H,2-7,14H2,1H3. The Bertz CT molecular complexity index is 770. The molecule has 1 aliphatic carbocycles. The van der Waals surface area contributed by atoms with Crippen LogP contribution in [0.3, 0.4) is 0 Å². The van der Waals surface area contributed by atoms with E-state index in [0.29, 0.717) is 12.0 Å². The maximum Gasteiger partial charge on any atom is 0.150 e. The molecule has 0 bridgehead atoms. The summed E-state index contributed by atoms with van der Waals surface area (Å²) in [5, 5.41) is 0. The van der Waals surface area contributed by atoms with Crippen LogP contribution in [0.1, 0.15) is 67.3 Å². The molecule has 2 atom stereocenters. The summed E-state index contributed by atoms with van der Waals surface area (Å²) in [6.45, 7) is 2.25. The van der Waals surface area contributed by atoms with Gasteiger partial charge in [-0.15, -0.1) is 11.8 Å². The van der Waals surface area contributed by atoms with Crippen molar-refractivity contribution in [2.75, 3.05) is 10.7 Å². The van der Waals surface area contributed by atoms with E-state index in [1.165, 1.54) is 66.1 Å². The zero-order valence-electron chi connectivity index (χ0n) is 15.5. The van der Waals surface area contributed by atoms with Crippen molar-refractivity contribution in [3.05, 3.63) is 53.6 Å². The second kappa shape index (κ2) is 7.87. The van der Waals surface area contributed by atoms with Crippen LogP contribution in [-0.4, -0.2) is 18.1 Å². The third-order valence-electron chi connectivity index (χ3n) is 5.79. The maximum atomic E-state index is 11.2. The quantitative estimate of drug-likeness (QED) is 0.314. The van der Waals surface area contributed by atoms with Crippen LogP contribution >= 0.6 is 11.8 Å². The minimum Gasteiger partial charge on any atom is -0.338 e. The van der Waals surface area contributed by atoms with E-state index >= 15 is 0 Å². The number of benzene rings is 2. The average Bonchev–Trinajstić information content (AvgIpc) is 3.26. The highest BCUT2D eigenvalue weighted by Crippen LogP contribution is 2.52. The molecule has 1 heterocycles. The normalized spacial score (nSPS) is 20.9. The lowest BCUT2D eigenvalue weighted by Gasteiger charge is -2.27. The highest BCUT2D eigenvalue weighted by Gasteiger charge is 2.42. The number of carbonyl (C=O) groups excluding carboxylic acids is 1. The van der Waals surface area contributed by atoms with Gasteiger partial charge in [0.1, 0.15) is 6.29 Å². The number of thioether (sulfide) groups is 1. The molecule has 3 heteroatoms. The van der Waals surface area contributed by atoms with Crippen molar-refractivity contribution in [2.45, 2.75) is 62.3 Å². The van der Waals surface area contributed by atoms with E-state index in [4.69, 9.17) is 0 Å². The molecule has 1 aliphatic heterocycles. The molecule has 26 heavy (non-hydrogen) atoms.